The summed E-state index contributed by atoms with van der Waals surface area (Å²) in [5, 5.41) is 4.38. The molecule has 1 unspecified atom stereocenters. The van der Waals surface area contributed by atoms with Crippen molar-refractivity contribution < 1.29 is 0 Å². The molecule has 2 nitrogen and oxygen atoms in total. The van der Waals surface area contributed by atoms with E-state index in [1.807, 2.05) is 0 Å². The van der Waals surface area contributed by atoms with E-state index in [0.29, 0.717) is 0 Å². The Morgan fingerprint density at radius 2 is 2.00 bits per heavy atom. The second-order valence-electron chi connectivity index (χ2n) is 4.15. The van der Waals surface area contributed by atoms with E-state index in [4.69, 9.17) is 0 Å². The first-order valence-electron chi connectivity index (χ1n) is 4.85. The Labute approximate surface area is 78.4 Å². The van der Waals surface area contributed by atoms with E-state index in [2.05, 4.69) is 16.6 Å². The zero-order valence-electron chi connectivity index (χ0n) is 7.62. The highest BCUT2D eigenvalue weighted by atomic mass is 32.2. The van der Waals surface area contributed by atoms with Crippen LogP contribution >= 0.6 is 11.9 Å². The van der Waals surface area contributed by atoms with Gasteiger partial charge in [0.05, 0.1) is 5.54 Å². The van der Waals surface area contributed by atoms with Gasteiger partial charge in [0.1, 0.15) is 0 Å². The molecular weight excluding hydrogens is 168 g/mol. The molecular formula is C9H16N2S. The van der Waals surface area contributed by atoms with E-state index >= 15 is 0 Å². The largest absolute Gasteiger partial charge is 0.174 e. The van der Waals surface area contributed by atoms with Crippen LogP contribution in [-0.2, 0) is 0 Å². The molecule has 1 heterocycles. The summed E-state index contributed by atoms with van der Waals surface area (Å²) >= 11 is 1.63. The Hall–Kier alpha value is -0.0500. The van der Waals surface area contributed by atoms with Crippen molar-refractivity contribution >= 4 is 11.9 Å². The molecule has 1 aliphatic heterocycles. The lowest BCUT2D eigenvalue weighted by molar-refractivity contribution is 0.244. The van der Waals surface area contributed by atoms with Crippen molar-refractivity contribution in [3.63, 3.8) is 0 Å². The first-order valence-corrected chi connectivity index (χ1v) is 5.80. The molecule has 1 fully saturated rings. The van der Waals surface area contributed by atoms with Gasteiger partial charge >= 0.3 is 0 Å². The van der Waals surface area contributed by atoms with Crippen molar-refractivity contribution in [3.05, 3.63) is 0 Å². The highest BCUT2D eigenvalue weighted by Gasteiger charge is 2.37. The highest BCUT2D eigenvalue weighted by molar-refractivity contribution is 7.98. The highest BCUT2D eigenvalue weighted by Crippen LogP contribution is 2.40. The fraction of sp³-hybridized carbons (Fsp3) is 1.00. The summed E-state index contributed by atoms with van der Waals surface area (Å²) in [6, 6.07) is 0. The summed E-state index contributed by atoms with van der Waals surface area (Å²) in [5.74, 6) is 1.92. The first-order chi connectivity index (χ1) is 5.81. The second-order valence-corrected chi connectivity index (χ2v) is 4.86. The minimum atomic E-state index is 0.186. The van der Waals surface area contributed by atoms with Crippen LogP contribution in [0.2, 0.25) is 0 Å². The fourth-order valence-corrected chi connectivity index (χ4v) is 3.09. The van der Waals surface area contributed by atoms with Crippen LogP contribution in [-0.4, -0.2) is 11.3 Å². The van der Waals surface area contributed by atoms with Gasteiger partial charge in [0.15, 0.2) is 0 Å². The quantitative estimate of drug-likeness (QED) is 0.573. The third-order valence-corrected chi connectivity index (χ3v) is 4.08. The van der Waals surface area contributed by atoms with Gasteiger partial charge in [-0.3, -0.25) is 0 Å². The molecule has 1 saturated carbocycles. The topological polar surface area (TPSA) is 24.7 Å². The third kappa shape index (κ3) is 1.51. The number of hydrogen-bond acceptors (Lipinski definition) is 3. The minimum Gasteiger partial charge on any atom is -0.174 e. The van der Waals surface area contributed by atoms with Crippen LogP contribution in [0.25, 0.3) is 0 Å². The number of nitrogens with zero attached hydrogens (tertiary/aromatic N) is 2. The zero-order chi connectivity index (χ0) is 8.44. The summed E-state index contributed by atoms with van der Waals surface area (Å²) < 4.78 is 4.05. The maximum Gasteiger partial charge on any atom is 0.0935 e. The monoisotopic (exact) mass is 184 g/mol. The number of hydrogen-bond donors (Lipinski definition) is 0. The maximum atomic E-state index is 4.38. The average molecular weight is 184 g/mol. The summed E-state index contributed by atoms with van der Waals surface area (Å²) in [5.41, 5.74) is 0.186. The molecule has 0 aromatic carbocycles. The van der Waals surface area contributed by atoms with Gasteiger partial charge in [-0.15, -0.1) is 4.52 Å². The molecule has 2 rings (SSSR count). The summed E-state index contributed by atoms with van der Waals surface area (Å²) in [4.78, 5) is 0. The van der Waals surface area contributed by atoms with Crippen LogP contribution in [0, 0.1) is 5.92 Å². The molecule has 0 aromatic rings. The van der Waals surface area contributed by atoms with Gasteiger partial charge in [0.25, 0.3) is 0 Å². The van der Waals surface area contributed by atoms with Crippen LogP contribution in [0.5, 0.6) is 0 Å². The maximum absolute atomic E-state index is 4.38. The van der Waals surface area contributed by atoms with Crippen LogP contribution in [0.3, 0.4) is 0 Å². The molecule has 0 amide bonds. The summed E-state index contributed by atoms with van der Waals surface area (Å²) in [6.45, 7) is 2.27. The molecule has 1 aliphatic carbocycles. The Morgan fingerprint density at radius 3 is 2.58 bits per heavy atom. The molecule has 0 radical (unpaired) electrons. The smallest absolute Gasteiger partial charge is 0.0935 e. The predicted octanol–water partition coefficient (Wildman–Crippen LogP) is 3.44. The second kappa shape index (κ2) is 3.36. The van der Waals surface area contributed by atoms with Crippen molar-refractivity contribution in [2.24, 2.45) is 15.6 Å². The van der Waals surface area contributed by atoms with Gasteiger partial charge in [-0.05, 0) is 37.6 Å². The van der Waals surface area contributed by atoms with Crippen LogP contribution in [0.1, 0.15) is 39.0 Å². The van der Waals surface area contributed by atoms with E-state index in [1.165, 1.54) is 32.1 Å². The lowest BCUT2D eigenvalue weighted by atomic mass is 9.77. The van der Waals surface area contributed by atoms with E-state index in [1.54, 1.807) is 11.9 Å². The van der Waals surface area contributed by atoms with Gasteiger partial charge in [-0.2, -0.15) is 5.11 Å². The fourth-order valence-electron chi connectivity index (χ4n) is 2.23. The molecule has 0 saturated heterocycles. The standard InChI is InChI=1S/C9H16N2S/c1-9(7-12-11-10-9)8-5-3-2-4-6-8/h8H,2-7H2,1H3. The van der Waals surface area contributed by atoms with E-state index in [9.17, 15) is 0 Å². The van der Waals surface area contributed by atoms with Gasteiger partial charge < -0.3 is 0 Å². The molecule has 1 atom stereocenters. The zero-order valence-corrected chi connectivity index (χ0v) is 8.44. The lowest BCUT2D eigenvalue weighted by Crippen LogP contribution is -2.34. The SMILES string of the molecule is CC1(C2CCCCC2)CSN=N1. The minimum absolute atomic E-state index is 0.186. The van der Waals surface area contributed by atoms with Crippen molar-refractivity contribution in [2.45, 2.75) is 44.6 Å². The van der Waals surface area contributed by atoms with Crippen LogP contribution < -0.4 is 0 Å². The van der Waals surface area contributed by atoms with E-state index in [0.717, 1.165) is 11.7 Å². The average Bonchev–Trinajstić information content (AvgIpc) is 2.55. The normalized spacial score (nSPS) is 37.4. The Morgan fingerprint density at radius 1 is 1.25 bits per heavy atom. The molecule has 2 aliphatic rings. The number of rotatable bonds is 1. The van der Waals surface area contributed by atoms with Gasteiger partial charge in [-0.25, -0.2) is 0 Å². The van der Waals surface area contributed by atoms with Crippen molar-refractivity contribution in [1.82, 2.24) is 0 Å². The first kappa shape index (κ1) is 8.54. The molecule has 0 aromatic heterocycles. The molecule has 0 bridgehead atoms. The Bertz CT molecular complexity index is 187. The Balaban J connectivity index is 2.01. The summed E-state index contributed by atoms with van der Waals surface area (Å²) in [7, 11) is 0. The lowest BCUT2D eigenvalue weighted by Gasteiger charge is -2.32. The van der Waals surface area contributed by atoms with Gasteiger partial charge in [-0.1, -0.05) is 19.3 Å². The molecule has 0 spiro atoms. The Kier molecular flexibility index (Phi) is 2.40. The molecule has 68 valence electrons. The molecule has 3 heteroatoms. The predicted molar refractivity (Wildman–Crippen MR) is 52.3 cm³/mol. The summed E-state index contributed by atoms with van der Waals surface area (Å²) in [6.07, 6.45) is 6.98. The van der Waals surface area contributed by atoms with E-state index < -0.39 is 0 Å². The van der Waals surface area contributed by atoms with Crippen LogP contribution in [0.4, 0.5) is 0 Å². The van der Waals surface area contributed by atoms with Crippen LogP contribution in [0.15, 0.2) is 9.63 Å². The molecule has 0 N–H and O–H groups in total. The third-order valence-electron chi connectivity index (χ3n) is 3.17. The van der Waals surface area contributed by atoms with Crippen molar-refractivity contribution in [1.29, 1.82) is 0 Å². The van der Waals surface area contributed by atoms with Gasteiger partial charge in [0.2, 0.25) is 0 Å². The van der Waals surface area contributed by atoms with Crippen molar-refractivity contribution in [3.8, 4) is 0 Å². The van der Waals surface area contributed by atoms with Crippen molar-refractivity contribution in [2.75, 3.05) is 5.75 Å². The van der Waals surface area contributed by atoms with Gasteiger partial charge in [0, 0.05) is 5.75 Å². The van der Waals surface area contributed by atoms with E-state index in [-0.39, 0.29) is 5.54 Å². The molecule has 12 heavy (non-hydrogen) atoms.